The predicted molar refractivity (Wildman–Crippen MR) is 59.4 cm³/mol. The van der Waals surface area contributed by atoms with Crippen molar-refractivity contribution in [2.24, 2.45) is 0 Å². The van der Waals surface area contributed by atoms with Crippen LogP contribution in [0.25, 0.3) is 0 Å². The molecule has 2 rings (SSSR count). The van der Waals surface area contributed by atoms with Gasteiger partial charge < -0.3 is 5.32 Å². The molecular formula is C10H12N4S. The molecule has 2 aromatic heterocycles. The van der Waals surface area contributed by atoms with Gasteiger partial charge in [-0.2, -0.15) is 10.2 Å². The van der Waals surface area contributed by atoms with Crippen molar-refractivity contribution in [3.8, 4) is 0 Å². The van der Waals surface area contributed by atoms with Crippen LogP contribution < -0.4 is 5.32 Å². The first-order valence-corrected chi connectivity index (χ1v) is 5.61. The van der Waals surface area contributed by atoms with Gasteiger partial charge in [0.05, 0.1) is 16.4 Å². The number of aromatic nitrogens is 3. The van der Waals surface area contributed by atoms with E-state index in [2.05, 4.69) is 25.9 Å². The van der Waals surface area contributed by atoms with Crippen molar-refractivity contribution in [1.82, 2.24) is 20.5 Å². The lowest BCUT2D eigenvalue weighted by atomic mass is 10.4. The predicted octanol–water partition coefficient (Wildman–Crippen LogP) is 1.53. The molecule has 0 unspecified atom stereocenters. The van der Waals surface area contributed by atoms with Crippen molar-refractivity contribution < 1.29 is 0 Å². The molecule has 0 radical (unpaired) electrons. The third-order valence-electron chi connectivity index (χ3n) is 1.91. The van der Waals surface area contributed by atoms with Crippen LogP contribution in [0.3, 0.4) is 0 Å². The summed E-state index contributed by atoms with van der Waals surface area (Å²) in [6.07, 6.45) is 1.67. The molecule has 4 nitrogen and oxygen atoms in total. The first kappa shape index (κ1) is 10.2. The number of nitrogens with one attached hydrogen (secondary N) is 1. The Labute approximate surface area is 92.4 Å². The lowest BCUT2D eigenvalue weighted by Gasteiger charge is -2.00. The van der Waals surface area contributed by atoms with Gasteiger partial charge in [-0.3, -0.25) is 0 Å². The molecule has 78 valence electrons. The van der Waals surface area contributed by atoms with E-state index in [4.69, 9.17) is 0 Å². The fourth-order valence-corrected chi connectivity index (χ4v) is 1.85. The monoisotopic (exact) mass is 220 g/mol. The van der Waals surface area contributed by atoms with E-state index in [0.29, 0.717) is 0 Å². The highest BCUT2D eigenvalue weighted by molar-refractivity contribution is 7.09. The normalized spacial score (nSPS) is 10.5. The SMILES string of the molecule is Cc1nc(CNCc2cccnn2)cs1. The zero-order valence-electron chi connectivity index (χ0n) is 8.47. The molecule has 0 aliphatic carbocycles. The molecule has 0 aliphatic rings. The highest BCUT2D eigenvalue weighted by Gasteiger charge is 1.98. The van der Waals surface area contributed by atoms with E-state index in [1.165, 1.54) is 0 Å². The second-order valence-electron chi connectivity index (χ2n) is 3.18. The topological polar surface area (TPSA) is 50.7 Å². The molecule has 0 spiro atoms. The highest BCUT2D eigenvalue weighted by atomic mass is 32.1. The molecule has 0 saturated heterocycles. The van der Waals surface area contributed by atoms with Crippen LogP contribution in [0.5, 0.6) is 0 Å². The molecule has 0 amide bonds. The van der Waals surface area contributed by atoms with Crippen LogP contribution >= 0.6 is 11.3 Å². The molecule has 15 heavy (non-hydrogen) atoms. The Morgan fingerprint density at radius 1 is 1.33 bits per heavy atom. The number of hydrogen-bond donors (Lipinski definition) is 1. The van der Waals surface area contributed by atoms with Gasteiger partial charge in [-0.05, 0) is 19.1 Å². The van der Waals surface area contributed by atoms with Crippen molar-refractivity contribution in [3.05, 3.63) is 40.1 Å². The van der Waals surface area contributed by atoms with Crippen LogP contribution in [0.2, 0.25) is 0 Å². The van der Waals surface area contributed by atoms with E-state index in [1.807, 2.05) is 19.1 Å². The summed E-state index contributed by atoms with van der Waals surface area (Å²) in [5.74, 6) is 0. The largest absolute Gasteiger partial charge is 0.305 e. The minimum absolute atomic E-state index is 0.727. The Morgan fingerprint density at radius 2 is 2.20 bits per heavy atom. The smallest absolute Gasteiger partial charge is 0.0897 e. The fraction of sp³-hybridized carbons (Fsp3) is 0.300. The van der Waals surface area contributed by atoms with Gasteiger partial charge in [0, 0.05) is 24.7 Å². The second-order valence-corrected chi connectivity index (χ2v) is 4.24. The summed E-state index contributed by atoms with van der Waals surface area (Å²) < 4.78 is 0. The molecule has 0 bridgehead atoms. The maximum atomic E-state index is 4.36. The van der Waals surface area contributed by atoms with Gasteiger partial charge >= 0.3 is 0 Å². The molecule has 2 heterocycles. The van der Waals surface area contributed by atoms with E-state index < -0.39 is 0 Å². The summed E-state index contributed by atoms with van der Waals surface area (Å²) in [6.45, 7) is 3.52. The summed E-state index contributed by atoms with van der Waals surface area (Å²) >= 11 is 1.67. The Morgan fingerprint density at radius 3 is 2.87 bits per heavy atom. The molecule has 5 heteroatoms. The van der Waals surface area contributed by atoms with Crippen LogP contribution in [0, 0.1) is 6.92 Å². The van der Waals surface area contributed by atoms with Gasteiger partial charge in [-0.1, -0.05) is 0 Å². The number of aryl methyl sites for hydroxylation is 1. The Kier molecular flexibility index (Phi) is 3.37. The van der Waals surface area contributed by atoms with Crippen LogP contribution in [0.15, 0.2) is 23.7 Å². The lowest BCUT2D eigenvalue weighted by molar-refractivity contribution is 0.660. The van der Waals surface area contributed by atoms with E-state index in [-0.39, 0.29) is 0 Å². The van der Waals surface area contributed by atoms with Gasteiger partial charge in [0.25, 0.3) is 0 Å². The number of rotatable bonds is 4. The third-order valence-corrected chi connectivity index (χ3v) is 2.73. The van der Waals surface area contributed by atoms with Crippen molar-refractivity contribution in [2.45, 2.75) is 20.0 Å². The zero-order valence-corrected chi connectivity index (χ0v) is 9.29. The Bertz CT molecular complexity index is 412. The standard InChI is InChI=1S/C10H12N4S/c1-8-13-10(7-15-8)6-11-5-9-3-2-4-12-14-9/h2-4,7,11H,5-6H2,1H3. The third kappa shape index (κ3) is 3.07. The average Bonchev–Trinajstić information content (AvgIpc) is 2.66. The Hall–Kier alpha value is -1.33. The van der Waals surface area contributed by atoms with E-state index in [1.54, 1.807) is 17.5 Å². The van der Waals surface area contributed by atoms with Gasteiger partial charge in [0.15, 0.2) is 0 Å². The minimum Gasteiger partial charge on any atom is -0.305 e. The summed E-state index contributed by atoms with van der Waals surface area (Å²) in [5, 5.41) is 14.2. The van der Waals surface area contributed by atoms with Crippen LogP contribution in [0.1, 0.15) is 16.4 Å². The average molecular weight is 220 g/mol. The zero-order chi connectivity index (χ0) is 10.5. The quantitative estimate of drug-likeness (QED) is 0.849. The molecule has 0 atom stereocenters. The van der Waals surface area contributed by atoms with Crippen LogP contribution in [0.4, 0.5) is 0 Å². The molecular weight excluding hydrogens is 208 g/mol. The van der Waals surface area contributed by atoms with Gasteiger partial charge in [-0.15, -0.1) is 11.3 Å². The maximum Gasteiger partial charge on any atom is 0.0897 e. The number of nitrogens with zero attached hydrogens (tertiary/aromatic N) is 3. The minimum atomic E-state index is 0.727. The Balaban J connectivity index is 1.80. The molecule has 1 N–H and O–H groups in total. The van der Waals surface area contributed by atoms with Crippen molar-refractivity contribution in [1.29, 1.82) is 0 Å². The molecule has 0 aliphatic heterocycles. The van der Waals surface area contributed by atoms with Crippen molar-refractivity contribution in [2.75, 3.05) is 0 Å². The van der Waals surface area contributed by atoms with Crippen LogP contribution in [-0.4, -0.2) is 15.2 Å². The fourth-order valence-electron chi connectivity index (χ4n) is 1.24. The summed E-state index contributed by atoms with van der Waals surface area (Å²) in [4.78, 5) is 4.36. The van der Waals surface area contributed by atoms with Gasteiger partial charge in [0.2, 0.25) is 0 Å². The lowest BCUT2D eigenvalue weighted by Crippen LogP contribution is -2.14. The molecule has 0 fully saturated rings. The first-order valence-electron chi connectivity index (χ1n) is 4.73. The highest BCUT2D eigenvalue weighted by Crippen LogP contribution is 2.07. The summed E-state index contributed by atoms with van der Waals surface area (Å²) in [5.41, 5.74) is 2.03. The summed E-state index contributed by atoms with van der Waals surface area (Å²) in [7, 11) is 0. The number of hydrogen-bond acceptors (Lipinski definition) is 5. The first-order chi connectivity index (χ1) is 7.34. The maximum absolute atomic E-state index is 4.36. The van der Waals surface area contributed by atoms with Crippen molar-refractivity contribution >= 4 is 11.3 Å². The molecule has 2 aromatic rings. The summed E-state index contributed by atoms with van der Waals surface area (Å²) in [6, 6.07) is 3.84. The van der Waals surface area contributed by atoms with Gasteiger partial charge in [0.1, 0.15) is 0 Å². The number of thiazole rings is 1. The van der Waals surface area contributed by atoms with E-state index in [0.717, 1.165) is 29.5 Å². The van der Waals surface area contributed by atoms with Gasteiger partial charge in [-0.25, -0.2) is 4.98 Å². The van der Waals surface area contributed by atoms with Crippen molar-refractivity contribution in [3.63, 3.8) is 0 Å². The second kappa shape index (κ2) is 4.95. The van der Waals surface area contributed by atoms with E-state index in [9.17, 15) is 0 Å². The molecule has 0 aromatic carbocycles. The molecule has 0 saturated carbocycles. The van der Waals surface area contributed by atoms with Crippen LogP contribution in [-0.2, 0) is 13.1 Å². The van der Waals surface area contributed by atoms with E-state index >= 15 is 0 Å².